The van der Waals surface area contributed by atoms with E-state index >= 15 is 0 Å². The van der Waals surface area contributed by atoms with Crippen LogP contribution in [-0.2, 0) is 22.2 Å². The van der Waals surface area contributed by atoms with Crippen molar-refractivity contribution in [3.05, 3.63) is 11.6 Å². The van der Waals surface area contributed by atoms with Gasteiger partial charge in [0.15, 0.2) is 5.82 Å². The second kappa shape index (κ2) is 4.40. The molecule has 5 heteroatoms. The SMILES string of the molecule is COCc1nnc(CBr)n1C(C)(C)C. The Morgan fingerprint density at radius 3 is 2.29 bits per heavy atom. The van der Waals surface area contributed by atoms with Gasteiger partial charge in [-0.2, -0.15) is 0 Å². The minimum absolute atomic E-state index is 0.0134. The van der Waals surface area contributed by atoms with E-state index in [9.17, 15) is 0 Å². The zero-order valence-corrected chi connectivity index (χ0v) is 10.6. The van der Waals surface area contributed by atoms with E-state index in [2.05, 4.69) is 51.5 Å². The summed E-state index contributed by atoms with van der Waals surface area (Å²) in [6.45, 7) is 6.88. The second-order valence-electron chi connectivity index (χ2n) is 4.11. The van der Waals surface area contributed by atoms with Crippen molar-refractivity contribution in [1.82, 2.24) is 14.8 Å². The largest absolute Gasteiger partial charge is 0.377 e. The second-order valence-corrected chi connectivity index (χ2v) is 4.67. The van der Waals surface area contributed by atoms with Gasteiger partial charge in [0, 0.05) is 12.6 Å². The molecule has 0 radical (unpaired) electrons. The normalized spacial score (nSPS) is 12.1. The summed E-state index contributed by atoms with van der Waals surface area (Å²) >= 11 is 3.40. The Hall–Kier alpha value is -0.420. The molecule has 0 atom stereocenters. The molecule has 1 heterocycles. The van der Waals surface area contributed by atoms with E-state index in [-0.39, 0.29) is 5.54 Å². The third-order valence-corrected chi connectivity index (χ3v) is 2.36. The molecule has 4 nitrogen and oxygen atoms in total. The van der Waals surface area contributed by atoms with E-state index < -0.39 is 0 Å². The van der Waals surface area contributed by atoms with Gasteiger partial charge in [0.25, 0.3) is 0 Å². The number of nitrogens with zero attached hydrogens (tertiary/aromatic N) is 3. The third-order valence-electron chi connectivity index (χ3n) is 1.86. The fourth-order valence-corrected chi connectivity index (χ4v) is 1.80. The summed E-state index contributed by atoms with van der Waals surface area (Å²) in [6.07, 6.45) is 0. The number of halogens is 1. The molecule has 1 rings (SSSR count). The third kappa shape index (κ3) is 2.33. The predicted octanol–water partition coefficient (Wildman–Crippen LogP) is 2.07. The summed E-state index contributed by atoms with van der Waals surface area (Å²) in [6, 6.07) is 0. The Morgan fingerprint density at radius 2 is 1.86 bits per heavy atom. The first-order chi connectivity index (χ1) is 6.50. The molecule has 0 aromatic carbocycles. The summed E-state index contributed by atoms with van der Waals surface area (Å²) in [5.41, 5.74) is -0.0134. The summed E-state index contributed by atoms with van der Waals surface area (Å²) < 4.78 is 7.19. The van der Waals surface area contributed by atoms with Crippen molar-refractivity contribution in [3.63, 3.8) is 0 Å². The standard InChI is InChI=1S/C9H16BrN3O/c1-9(2,3)13-7(5-10)11-12-8(13)6-14-4/h5-6H2,1-4H3. The van der Waals surface area contributed by atoms with Crippen LogP contribution in [-0.4, -0.2) is 21.9 Å². The Balaban J connectivity index is 3.13. The summed E-state index contributed by atoms with van der Waals surface area (Å²) in [5.74, 6) is 1.80. The number of hydrogen-bond acceptors (Lipinski definition) is 3. The Kier molecular flexibility index (Phi) is 3.66. The molecule has 80 valence electrons. The monoisotopic (exact) mass is 261 g/mol. The molecule has 1 aromatic rings. The van der Waals surface area contributed by atoms with Gasteiger partial charge in [-0.15, -0.1) is 10.2 Å². The van der Waals surface area contributed by atoms with Crippen LogP contribution < -0.4 is 0 Å². The smallest absolute Gasteiger partial charge is 0.159 e. The molecule has 0 fully saturated rings. The number of hydrogen-bond donors (Lipinski definition) is 0. The van der Waals surface area contributed by atoms with Crippen molar-refractivity contribution in [2.45, 2.75) is 38.2 Å². The molecule has 0 bridgehead atoms. The van der Waals surface area contributed by atoms with Crippen LogP contribution in [0.1, 0.15) is 32.4 Å². The number of alkyl halides is 1. The topological polar surface area (TPSA) is 39.9 Å². The van der Waals surface area contributed by atoms with Crippen molar-refractivity contribution < 1.29 is 4.74 Å². The average Bonchev–Trinajstić information content (AvgIpc) is 2.47. The quantitative estimate of drug-likeness (QED) is 0.783. The fraction of sp³-hybridized carbons (Fsp3) is 0.778. The highest BCUT2D eigenvalue weighted by atomic mass is 79.9. The maximum atomic E-state index is 5.08. The van der Waals surface area contributed by atoms with Gasteiger partial charge in [-0.3, -0.25) is 0 Å². The lowest BCUT2D eigenvalue weighted by atomic mass is 10.1. The van der Waals surface area contributed by atoms with Crippen molar-refractivity contribution >= 4 is 15.9 Å². The van der Waals surface area contributed by atoms with Gasteiger partial charge in [0.05, 0.1) is 5.33 Å². The molecule has 0 aliphatic heterocycles. The van der Waals surface area contributed by atoms with E-state index in [0.717, 1.165) is 11.6 Å². The van der Waals surface area contributed by atoms with Gasteiger partial charge in [-0.25, -0.2) is 0 Å². The highest BCUT2D eigenvalue weighted by Gasteiger charge is 2.21. The maximum Gasteiger partial charge on any atom is 0.159 e. The first-order valence-electron chi connectivity index (χ1n) is 4.49. The van der Waals surface area contributed by atoms with Gasteiger partial charge in [-0.05, 0) is 20.8 Å². The minimum atomic E-state index is -0.0134. The first kappa shape index (κ1) is 11.7. The first-order valence-corrected chi connectivity index (χ1v) is 5.61. The van der Waals surface area contributed by atoms with E-state index in [1.165, 1.54) is 0 Å². The molecule has 0 saturated carbocycles. The Morgan fingerprint density at radius 1 is 1.29 bits per heavy atom. The van der Waals surface area contributed by atoms with Crippen LogP contribution >= 0.6 is 15.9 Å². The van der Waals surface area contributed by atoms with E-state index in [0.29, 0.717) is 11.9 Å². The van der Waals surface area contributed by atoms with Gasteiger partial charge in [0.2, 0.25) is 0 Å². The van der Waals surface area contributed by atoms with Crippen LogP contribution in [0.25, 0.3) is 0 Å². The van der Waals surface area contributed by atoms with Gasteiger partial charge >= 0.3 is 0 Å². The molecule has 0 aliphatic carbocycles. The summed E-state index contributed by atoms with van der Waals surface area (Å²) in [7, 11) is 1.66. The lowest BCUT2D eigenvalue weighted by Crippen LogP contribution is -2.26. The molecule has 0 amide bonds. The highest BCUT2D eigenvalue weighted by molar-refractivity contribution is 9.08. The van der Waals surface area contributed by atoms with Gasteiger partial charge in [0.1, 0.15) is 12.4 Å². The summed E-state index contributed by atoms with van der Waals surface area (Å²) in [5, 5.41) is 8.92. The van der Waals surface area contributed by atoms with E-state index in [4.69, 9.17) is 4.74 Å². The highest BCUT2D eigenvalue weighted by Crippen LogP contribution is 2.20. The fourth-order valence-electron chi connectivity index (χ4n) is 1.44. The number of methoxy groups -OCH3 is 1. The van der Waals surface area contributed by atoms with Crippen LogP contribution in [0.5, 0.6) is 0 Å². The van der Waals surface area contributed by atoms with E-state index in [1.807, 2.05) is 0 Å². The molecule has 0 N–H and O–H groups in total. The minimum Gasteiger partial charge on any atom is -0.377 e. The van der Waals surface area contributed by atoms with Gasteiger partial charge in [-0.1, -0.05) is 15.9 Å². The van der Waals surface area contributed by atoms with Crippen LogP contribution in [0.4, 0.5) is 0 Å². The molecule has 1 aromatic heterocycles. The molecule has 0 saturated heterocycles. The van der Waals surface area contributed by atoms with Crippen molar-refractivity contribution in [3.8, 4) is 0 Å². The average molecular weight is 262 g/mol. The maximum absolute atomic E-state index is 5.08. The number of rotatable bonds is 3. The van der Waals surface area contributed by atoms with Crippen molar-refractivity contribution in [2.24, 2.45) is 0 Å². The van der Waals surface area contributed by atoms with Crippen LogP contribution in [0, 0.1) is 0 Å². The molecule has 14 heavy (non-hydrogen) atoms. The lowest BCUT2D eigenvalue weighted by Gasteiger charge is -2.24. The van der Waals surface area contributed by atoms with Crippen LogP contribution in [0.3, 0.4) is 0 Å². The summed E-state index contributed by atoms with van der Waals surface area (Å²) in [4.78, 5) is 0. The lowest BCUT2D eigenvalue weighted by molar-refractivity contribution is 0.167. The van der Waals surface area contributed by atoms with Crippen molar-refractivity contribution in [2.75, 3.05) is 7.11 Å². The molecular weight excluding hydrogens is 246 g/mol. The number of ether oxygens (including phenoxy) is 1. The van der Waals surface area contributed by atoms with E-state index in [1.54, 1.807) is 7.11 Å². The zero-order chi connectivity index (χ0) is 10.8. The Labute approximate surface area is 92.8 Å². The molecular formula is C9H16BrN3O. The number of aromatic nitrogens is 3. The molecule has 0 aliphatic rings. The molecule has 0 spiro atoms. The Bertz CT molecular complexity index is 303. The van der Waals surface area contributed by atoms with Crippen molar-refractivity contribution in [1.29, 1.82) is 0 Å². The zero-order valence-electron chi connectivity index (χ0n) is 9.04. The van der Waals surface area contributed by atoms with Crippen LogP contribution in [0.15, 0.2) is 0 Å². The molecule has 0 unspecified atom stereocenters. The van der Waals surface area contributed by atoms with Gasteiger partial charge < -0.3 is 9.30 Å². The predicted molar refractivity (Wildman–Crippen MR) is 58.4 cm³/mol. The van der Waals surface area contributed by atoms with Crippen LogP contribution in [0.2, 0.25) is 0 Å².